The highest BCUT2D eigenvalue weighted by molar-refractivity contribution is 5.97. The molecule has 1 saturated heterocycles. The van der Waals surface area contributed by atoms with Crippen LogP contribution in [0.25, 0.3) is 10.9 Å². The van der Waals surface area contributed by atoms with E-state index in [1.807, 2.05) is 48.2 Å². The summed E-state index contributed by atoms with van der Waals surface area (Å²) in [6.07, 6.45) is 1.45. The number of benzene rings is 1. The Morgan fingerprint density at radius 1 is 1.12 bits per heavy atom. The summed E-state index contributed by atoms with van der Waals surface area (Å²) in [5, 5.41) is 12.7. The van der Waals surface area contributed by atoms with E-state index >= 15 is 0 Å². The molecule has 1 aromatic carbocycles. The number of carbonyl (C=O) groups excluding carboxylic acids is 1. The van der Waals surface area contributed by atoms with Crippen molar-refractivity contribution in [2.75, 3.05) is 51.7 Å². The molecule has 1 aliphatic heterocycles. The Kier molecular flexibility index (Phi) is 5.95. The number of amides is 1. The van der Waals surface area contributed by atoms with E-state index in [2.05, 4.69) is 0 Å². The number of aromatic nitrogens is 1. The molecule has 0 aliphatic carbocycles. The van der Waals surface area contributed by atoms with Gasteiger partial charge in [0, 0.05) is 44.7 Å². The van der Waals surface area contributed by atoms with Crippen LogP contribution < -0.4 is 10.5 Å². The predicted octanol–water partition coefficient (Wildman–Crippen LogP) is 2.03. The zero-order chi connectivity index (χ0) is 22.8. The number of fused-ring (bicyclic) bond motifs is 1. The van der Waals surface area contributed by atoms with Crippen LogP contribution in [0.5, 0.6) is 0 Å². The fourth-order valence-corrected chi connectivity index (χ4v) is 4.07. The number of rotatable bonds is 6. The van der Waals surface area contributed by atoms with E-state index in [1.54, 1.807) is 17.0 Å². The van der Waals surface area contributed by atoms with Crippen LogP contribution in [0, 0.1) is 10.1 Å². The second kappa shape index (κ2) is 8.83. The van der Waals surface area contributed by atoms with Gasteiger partial charge in [-0.15, -0.1) is 0 Å². The maximum Gasteiger partial charge on any atom is 0.357 e. The maximum atomic E-state index is 13.2. The third-order valence-corrected chi connectivity index (χ3v) is 5.69. The van der Waals surface area contributed by atoms with Crippen molar-refractivity contribution in [3.63, 3.8) is 0 Å². The minimum Gasteiger partial charge on any atom is -0.459 e. The number of pyridine rings is 1. The van der Waals surface area contributed by atoms with E-state index in [4.69, 9.17) is 4.42 Å². The van der Waals surface area contributed by atoms with Gasteiger partial charge in [0.1, 0.15) is 5.69 Å². The monoisotopic (exact) mass is 439 g/mol. The van der Waals surface area contributed by atoms with Crippen molar-refractivity contribution >= 4 is 28.2 Å². The van der Waals surface area contributed by atoms with E-state index in [9.17, 15) is 19.7 Å². The highest BCUT2D eigenvalue weighted by Gasteiger charge is 2.32. The van der Waals surface area contributed by atoms with Gasteiger partial charge in [-0.25, -0.2) is 0 Å². The van der Waals surface area contributed by atoms with Crippen molar-refractivity contribution in [3.05, 3.63) is 68.9 Å². The Morgan fingerprint density at radius 2 is 1.84 bits per heavy atom. The molecule has 1 fully saturated rings. The second-order valence-electron chi connectivity index (χ2n) is 7.99. The first kappa shape index (κ1) is 21.6. The molecule has 0 unspecified atom stereocenters. The Hall–Kier alpha value is -3.66. The Labute approximate surface area is 184 Å². The quantitative estimate of drug-likeness (QED) is 0.427. The molecule has 3 aromatic rings. The minimum atomic E-state index is -0.611. The van der Waals surface area contributed by atoms with Gasteiger partial charge in [0.15, 0.2) is 5.76 Å². The molecule has 168 valence electrons. The van der Waals surface area contributed by atoms with Crippen LogP contribution in [0.3, 0.4) is 0 Å². The number of carbonyl (C=O) groups is 1. The van der Waals surface area contributed by atoms with Crippen LogP contribution in [0.4, 0.5) is 11.4 Å². The summed E-state index contributed by atoms with van der Waals surface area (Å²) in [7, 11) is 3.78. The lowest BCUT2D eigenvalue weighted by Crippen LogP contribution is -2.49. The lowest BCUT2D eigenvalue weighted by molar-refractivity contribution is -0.385. The van der Waals surface area contributed by atoms with Crippen LogP contribution >= 0.6 is 0 Å². The summed E-state index contributed by atoms with van der Waals surface area (Å²) in [6.45, 7) is 2.41. The molecule has 0 atom stereocenters. The Bertz CT molecular complexity index is 1190. The molecule has 2 aromatic heterocycles. The zero-order valence-corrected chi connectivity index (χ0v) is 18.1. The lowest BCUT2D eigenvalue weighted by Gasteiger charge is -2.36. The molecule has 32 heavy (non-hydrogen) atoms. The number of furan rings is 1. The normalized spacial score (nSPS) is 14.3. The van der Waals surface area contributed by atoms with Crippen molar-refractivity contribution in [2.24, 2.45) is 0 Å². The molecule has 0 radical (unpaired) electrons. The fraction of sp³-hybridized carbons (Fsp3) is 0.364. The number of hydrogen-bond acceptors (Lipinski definition) is 7. The summed E-state index contributed by atoms with van der Waals surface area (Å²) in [5.74, 6) is 0.0477. The number of hydrogen-bond donors (Lipinski definition) is 0. The van der Waals surface area contributed by atoms with E-state index in [0.29, 0.717) is 55.9 Å². The van der Waals surface area contributed by atoms with Gasteiger partial charge in [-0.2, -0.15) is 0 Å². The standard InChI is InChI=1S/C22H25N5O5/c1-23(2)9-14-26-17-7-4-3-6-16(17)19(20(22(26)29)27(30)31)24-10-12-25(13-11-24)21(28)18-8-5-15-32-18/h3-8,15H,9-14H2,1-2H3. The van der Waals surface area contributed by atoms with Crippen molar-refractivity contribution in [3.8, 4) is 0 Å². The molecule has 1 amide bonds. The van der Waals surface area contributed by atoms with Crippen LogP contribution in [0.15, 0.2) is 51.9 Å². The molecule has 10 heteroatoms. The molecular formula is C22H25N5O5. The number of para-hydroxylation sites is 1. The molecule has 4 rings (SSSR count). The minimum absolute atomic E-state index is 0.215. The smallest absolute Gasteiger partial charge is 0.357 e. The van der Waals surface area contributed by atoms with Gasteiger partial charge in [-0.3, -0.25) is 19.7 Å². The van der Waals surface area contributed by atoms with Gasteiger partial charge in [0.2, 0.25) is 0 Å². The average Bonchev–Trinajstić information content (AvgIpc) is 3.32. The Balaban J connectivity index is 1.72. The highest BCUT2D eigenvalue weighted by Crippen LogP contribution is 2.34. The average molecular weight is 439 g/mol. The molecule has 0 bridgehead atoms. The zero-order valence-electron chi connectivity index (χ0n) is 18.1. The van der Waals surface area contributed by atoms with Crippen LogP contribution in [0.1, 0.15) is 10.6 Å². The van der Waals surface area contributed by atoms with E-state index in [0.717, 1.165) is 0 Å². The van der Waals surface area contributed by atoms with Crippen molar-refractivity contribution in [1.82, 2.24) is 14.4 Å². The van der Waals surface area contributed by atoms with Gasteiger partial charge in [-0.05, 0) is 32.3 Å². The molecular weight excluding hydrogens is 414 g/mol. The first-order chi connectivity index (χ1) is 15.4. The first-order valence-electron chi connectivity index (χ1n) is 10.4. The number of likely N-dealkylation sites (N-methyl/N-ethyl adjacent to an activating group) is 1. The summed E-state index contributed by atoms with van der Waals surface area (Å²) in [5.41, 5.74) is -0.0521. The summed E-state index contributed by atoms with van der Waals surface area (Å²) >= 11 is 0. The van der Waals surface area contributed by atoms with Crippen LogP contribution in [-0.2, 0) is 6.54 Å². The summed E-state index contributed by atoms with van der Waals surface area (Å²) in [6, 6.07) is 10.5. The molecule has 10 nitrogen and oxygen atoms in total. The van der Waals surface area contributed by atoms with Gasteiger partial charge in [0.25, 0.3) is 5.91 Å². The summed E-state index contributed by atoms with van der Waals surface area (Å²) < 4.78 is 6.68. The largest absolute Gasteiger partial charge is 0.459 e. The molecule has 0 N–H and O–H groups in total. The predicted molar refractivity (Wildman–Crippen MR) is 120 cm³/mol. The molecule has 1 aliphatic rings. The van der Waals surface area contributed by atoms with Crippen molar-refractivity contribution in [2.45, 2.75) is 6.54 Å². The fourth-order valence-electron chi connectivity index (χ4n) is 4.07. The first-order valence-corrected chi connectivity index (χ1v) is 10.4. The molecule has 0 saturated carbocycles. The number of piperazine rings is 1. The van der Waals surface area contributed by atoms with Gasteiger partial charge in [0.05, 0.1) is 16.7 Å². The van der Waals surface area contributed by atoms with Crippen LogP contribution in [-0.4, -0.2) is 72.0 Å². The third-order valence-electron chi connectivity index (χ3n) is 5.69. The van der Waals surface area contributed by atoms with E-state index in [1.165, 1.54) is 10.8 Å². The lowest BCUT2D eigenvalue weighted by atomic mass is 10.1. The van der Waals surface area contributed by atoms with Gasteiger partial charge in [-0.1, -0.05) is 18.2 Å². The molecule has 0 spiro atoms. The SMILES string of the molecule is CN(C)CCn1c(=O)c([N+](=O)[O-])c(N2CCN(C(=O)c3ccco3)CC2)c2ccccc21. The van der Waals surface area contributed by atoms with E-state index in [-0.39, 0.29) is 11.7 Å². The van der Waals surface area contributed by atoms with Crippen LogP contribution in [0.2, 0.25) is 0 Å². The topological polar surface area (TPSA) is 105 Å². The highest BCUT2D eigenvalue weighted by atomic mass is 16.6. The Morgan fingerprint density at radius 3 is 2.47 bits per heavy atom. The van der Waals surface area contributed by atoms with Crippen molar-refractivity contribution in [1.29, 1.82) is 0 Å². The number of nitrogens with zero attached hydrogens (tertiary/aromatic N) is 5. The van der Waals surface area contributed by atoms with Crippen molar-refractivity contribution < 1.29 is 14.1 Å². The molecule has 3 heterocycles. The maximum absolute atomic E-state index is 13.2. The van der Waals surface area contributed by atoms with Gasteiger partial charge >= 0.3 is 11.2 Å². The number of nitro groups is 1. The third kappa shape index (κ3) is 3.96. The summed E-state index contributed by atoms with van der Waals surface area (Å²) in [4.78, 5) is 42.7. The van der Waals surface area contributed by atoms with E-state index < -0.39 is 16.2 Å². The number of anilines is 1. The second-order valence-corrected chi connectivity index (χ2v) is 7.99. The van der Waals surface area contributed by atoms with Gasteiger partial charge < -0.3 is 23.7 Å².